The third-order valence-corrected chi connectivity index (χ3v) is 5.64. The number of carbonyl (C=O) groups excluding carboxylic acids is 3. The van der Waals surface area contributed by atoms with Crippen molar-refractivity contribution in [3.63, 3.8) is 0 Å². The van der Waals surface area contributed by atoms with E-state index in [1.807, 2.05) is 4.90 Å². The van der Waals surface area contributed by atoms with Crippen LogP contribution in [0.15, 0.2) is 55.0 Å². The number of nitrogens with zero attached hydrogens (tertiary/aromatic N) is 4. The predicted molar refractivity (Wildman–Crippen MR) is 141 cm³/mol. The van der Waals surface area contributed by atoms with E-state index in [0.29, 0.717) is 60.7 Å². The van der Waals surface area contributed by atoms with Gasteiger partial charge < -0.3 is 26.0 Å². The van der Waals surface area contributed by atoms with Gasteiger partial charge in [-0.05, 0) is 42.8 Å². The molecule has 206 valence electrons. The summed E-state index contributed by atoms with van der Waals surface area (Å²) >= 11 is 0. The van der Waals surface area contributed by atoms with Gasteiger partial charge in [-0.2, -0.15) is 0 Å². The van der Waals surface area contributed by atoms with Crippen molar-refractivity contribution in [3.05, 3.63) is 88.8 Å². The highest BCUT2D eigenvalue weighted by Gasteiger charge is 2.14. The number of aliphatic hydroxyl groups is 3. The monoisotopic (exact) mass is 536 g/mol. The molecule has 3 aromatic heterocycles. The maximum atomic E-state index is 12.2. The number of aromatic nitrogens is 3. The molecule has 12 nitrogen and oxygen atoms in total. The minimum Gasteiger partial charge on any atom is -0.396 e. The van der Waals surface area contributed by atoms with Crippen LogP contribution in [0.4, 0.5) is 0 Å². The summed E-state index contributed by atoms with van der Waals surface area (Å²) in [6, 6.07) is 10.3. The minimum atomic E-state index is -1.03. The van der Waals surface area contributed by atoms with E-state index in [9.17, 15) is 19.5 Å². The summed E-state index contributed by atoms with van der Waals surface area (Å²) in [5.74, 6) is -0.680. The van der Waals surface area contributed by atoms with E-state index in [1.165, 1.54) is 18.6 Å². The van der Waals surface area contributed by atoms with Crippen LogP contribution in [0.5, 0.6) is 0 Å². The van der Waals surface area contributed by atoms with Gasteiger partial charge in [0.15, 0.2) is 6.29 Å². The lowest BCUT2D eigenvalue weighted by molar-refractivity contribution is 0.0801. The zero-order valence-corrected chi connectivity index (χ0v) is 21.4. The number of nitrogens with one attached hydrogen (secondary N) is 2. The summed E-state index contributed by atoms with van der Waals surface area (Å²) in [6.07, 6.45) is 4.61. The number of amides is 2. The Labute approximate surface area is 225 Å². The second-order valence-electron chi connectivity index (χ2n) is 8.80. The second-order valence-corrected chi connectivity index (χ2v) is 8.80. The lowest BCUT2D eigenvalue weighted by Crippen LogP contribution is -2.34. The molecule has 3 aromatic rings. The molecule has 0 spiro atoms. The molecule has 0 aliphatic heterocycles. The predicted octanol–water partition coefficient (Wildman–Crippen LogP) is 0.0817. The van der Waals surface area contributed by atoms with Gasteiger partial charge in [0.2, 0.25) is 0 Å². The van der Waals surface area contributed by atoms with Gasteiger partial charge in [-0.15, -0.1) is 0 Å². The highest BCUT2D eigenvalue weighted by molar-refractivity contribution is 5.94. The first-order valence-electron chi connectivity index (χ1n) is 12.4. The molecule has 0 aromatic carbocycles. The Morgan fingerprint density at radius 3 is 1.79 bits per heavy atom. The summed E-state index contributed by atoms with van der Waals surface area (Å²) in [4.78, 5) is 50.6. The second kappa shape index (κ2) is 15.3. The van der Waals surface area contributed by atoms with Crippen LogP contribution < -0.4 is 10.6 Å². The highest BCUT2D eigenvalue weighted by Crippen LogP contribution is 2.13. The molecular formula is C27H32N6O6. The molecule has 5 N–H and O–H groups in total. The average Bonchev–Trinajstić information content (AvgIpc) is 2.97. The van der Waals surface area contributed by atoms with Crippen LogP contribution in [0.1, 0.15) is 54.6 Å². The van der Waals surface area contributed by atoms with E-state index in [-0.39, 0.29) is 19.1 Å². The molecule has 1 atom stereocenters. The molecule has 3 rings (SSSR count). The highest BCUT2D eigenvalue weighted by atomic mass is 16.3. The van der Waals surface area contributed by atoms with E-state index in [4.69, 9.17) is 10.2 Å². The van der Waals surface area contributed by atoms with Crippen LogP contribution in [0, 0.1) is 0 Å². The Balaban J connectivity index is 1.70. The first-order valence-corrected chi connectivity index (χ1v) is 12.4. The number of hydrogen-bond acceptors (Lipinski definition) is 10. The maximum absolute atomic E-state index is 12.2. The quantitative estimate of drug-likeness (QED) is 0.132. The van der Waals surface area contributed by atoms with Crippen LogP contribution in [0.2, 0.25) is 0 Å². The topological polar surface area (TPSA) is 178 Å². The normalized spacial score (nSPS) is 11.7. The van der Waals surface area contributed by atoms with E-state index >= 15 is 0 Å². The van der Waals surface area contributed by atoms with Crippen molar-refractivity contribution in [2.24, 2.45) is 0 Å². The number of aldehydes is 1. The van der Waals surface area contributed by atoms with Crippen molar-refractivity contribution >= 4 is 18.1 Å². The fourth-order valence-corrected chi connectivity index (χ4v) is 3.52. The molecule has 39 heavy (non-hydrogen) atoms. The number of aliphatic hydroxyl groups excluding tert-OH is 3. The Morgan fingerprint density at radius 1 is 0.821 bits per heavy atom. The van der Waals surface area contributed by atoms with Crippen molar-refractivity contribution in [3.8, 4) is 0 Å². The fraction of sp³-hybridized carbons (Fsp3) is 0.333. The van der Waals surface area contributed by atoms with Crippen molar-refractivity contribution in [1.29, 1.82) is 0 Å². The summed E-state index contributed by atoms with van der Waals surface area (Å²) in [7, 11) is 0. The smallest absolute Gasteiger partial charge is 0.252 e. The third-order valence-electron chi connectivity index (χ3n) is 5.64. The molecule has 3 heterocycles. The van der Waals surface area contributed by atoms with Gasteiger partial charge in [-0.3, -0.25) is 34.2 Å². The lowest BCUT2D eigenvalue weighted by atomic mass is 10.2. The van der Waals surface area contributed by atoms with Crippen LogP contribution >= 0.6 is 0 Å². The number of carbonyl (C=O) groups is 3. The summed E-state index contributed by atoms with van der Waals surface area (Å²) in [5, 5.41) is 32.4. The summed E-state index contributed by atoms with van der Waals surface area (Å²) in [6.45, 7) is 1.08. The van der Waals surface area contributed by atoms with E-state index < -0.39 is 18.6 Å². The first-order chi connectivity index (χ1) is 18.9. The Hall–Kier alpha value is -4.10. The molecule has 0 aliphatic rings. The van der Waals surface area contributed by atoms with Gasteiger partial charge in [-0.1, -0.05) is 0 Å². The zero-order chi connectivity index (χ0) is 28.0. The standard InChI is InChI=1S/C27H32N6O6/c34-9-1-8-28-26(38)20-3-6-23(30-11-20)15-33(14-22-5-2-19(17-35)10-29-22)16-24-7-4-21(12-31-24)27(39)32-13-25(37)18-36/h2-7,10-12,17,25,34,36-37H,1,8-9,13-16,18H2,(H,28,38)(H,32,39). The van der Waals surface area contributed by atoms with E-state index in [0.717, 1.165) is 12.0 Å². The average molecular weight is 537 g/mol. The summed E-state index contributed by atoms with van der Waals surface area (Å²) < 4.78 is 0. The SMILES string of the molecule is O=Cc1ccc(CN(Cc2ccc(C(=O)NCCCO)cn2)Cc2ccc(C(=O)NCC(O)CO)cn2)nc1. The molecule has 0 bridgehead atoms. The molecule has 0 saturated carbocycles. The van der Waals surface area contributed by atoms with Gasteiger partial charge in [-0.25, -0.2) is 0 Å². The molecule has 0 aliphatic carbocycles. The largest absolute Gasteiger partial charge is 0.396 e. The van der Waals surface area contributed by atoms with Crippen molar-refractivity contribution in [1.82, 2.24) is 30.5 Å². The van der Waals surface area contributed by atoms with Crippen LogP contribution in [-0.4, -0.2) is 85.7 Å². The van der Waals surface area contributed by atoms with Gasteiger partial charge in [0, 0.05) is 63.5 Å². The fourth-order valence-electron chi connectivity index (χ4n) is 3.52. The van der Waals surface area contributed by atoms with Gasteiger partial charge >= 0.3 is 0 Å². The molecule has 0 saturated heterocycles. The van der Waals surface area contributed by atoms with Crippen LogP contribution in [0.3, 0.4) is 0 Å². The van der Waals surface area contributed by atoms with E-state index in [2.05, 4.69) is 25.6 Å². The van der Waals surface area contributed by atoms with Crippen molar-refractivity contribution in [2.45, 2.75) is 32.2 Å². The van der Waals surface area contributed by atoms with Gasteiger partial charge in [0.05, 0.1) is 40.9 Å². The molecular weight excluding hydrogens is 504 g/mol. The molecule has 0 radical (unpaired) electrons. The lowest BCUT2D eigenvalue weighted by Gasteiger charge is -2.21. The third kappa shape index (κ3) is 9.61. The number of hydrogen-bond donors (Lipinski definition) is 5. The molecule has 1 unspecified atom stereocenters. The van der Waals surface area contributed by atoms with Crippen molar-refractivity contribution < 1.29 is 29.7 Å². The Bertz CT molecular complexity index is 1200. The maximum Gasteiger partial charge on any atom is 0.252 e. The summed E-state index contributed by atoms with van der Waals surface area (Å²) in [5.41, 5.74) is 3.34. The molecule has 2 amide bonds. The molecule has 12 heteroatoms. The van der Waals surface area contributed by atoms with E-state index in [1.54, 1.807) is 36.4 Å². The number of rotatable bonds is 15. The number of pyridine rings is 3. The van der Waals surface area contributed by atoms with Crippen molar-refractivity contribution in [2.75, 3.05) is 26.3 Å². The van der Waals surface area contributed by atoms with Gasteiger partial charge in [0.25, 0.3) is 11.8 Å². The Morgan fingerprint density at radius 2 is 1.36 bits per heavy atom. The molecule has 0 fully saturated rings. The zero-order valence-electron chi connectivity index (χ0n) is 21.4. The first kappa shape index (κ1) is 29.5. The Kier molecular flexibility index (Phi) is 11.6. The van der Waals surface area contributed by atoms with Crippen LogP contribution in [0.25, 0.3) is 0 Å². The van der Waals surface area contributed by atoms with Crippen LogP contribution in [-0.2, 0) is 19.6 Å². The van der Waals surface area contributed by atoms with Gasteiger partial charge in [0.1, 0.15) is 0 Å². The minimum absolute atomic E-state index is 0.000422.